The maximum Gasteiger partial charge on any atom is 0.274 e. The van der Waals surface area contributed by atoms with E-state index in [-0.39, 0.29) is 17.4 Å². The molecule has 4 rings (SSSR count). The lowest BCUT2D eigenvalue weighted by molar-refractivity contribution is 0.0697. The van der Waals surface area contributed by atoms with Gasteiger partial charge in [-0.2, -0.15) is 10.1 Å². The molecule has 1 fully saturated rings. The van der Waals surface area contributed by atoms with Crippen LogP contribution in [0.3, 0.4) is 0 Å². The van der Waals surface area contributed by atoms with Gasteiger partial charge >= 0.3 is 0 Å². The number of rotatable bonds is 2. The third-order valence-electron chi connectivity index (χ3n) is 4.98. The second-order valence-corrected chi connectivity index (χ2v) is 6.66. The summed E-state index contributed by atoms with van der Waals surface area (Å²) in [4.78, 5) is 30.6. The molecule has 1 amide bonds. The first-order chi connectivity index (χ1) is 11.6. The Balaban J connectivity index is 1.60. The Morgan fingerprint density at radius 1 is 1.29 bits per heavy atom. The van der Waals surface area contributed by atoms with Crippen LogP contribution in [0.1, 0.15) is 47.2 Å². The van der Waals surface area contributed by atoms with E-state index in [1.807, 2.05) is 11.9 Å². The number of aromatic nitrogens is 4. The number of carbonyl (C=O) groups excluding carboxylic acids is 1. The Morgan fingerprint density at radius 2 is 2.17 bits per heavy atom. The number of nitrogens with zero attached hydrogens (tertiary/aromatic N) is 5. The molecule has 0 N–H and O–H groups in total. The van der Waals surface area contributed by atoms with E-state index in [9.17, 15) is 9.59 Å². The SMILES string of the molecule is Cn1ccc(C(=O)N2CCCC(c3cc(=O)nc4n3CCC4)C2)n1. The fourth-order valence-corrected chi connectivity index (χ4v) is 3.85. The van der Waals surface area contributed by atoms with E-state index < -0.39 is 0 Å². The number of hydrogen-bond acceptors (Lipinski definition) is 4. The molecule has 2 aromatic rings. The van der Waals surface area contributed by atoms with E-state index in [0.29, 0.717) is 12.2 Å². The minimum Gasteiger partial charge on any atom is -0.337 e. The van der Waals surface area contributed by atoms with Crippen molar-refractivity contribution < 1.29 is 4.79 Å². The maximum absolute atomic E-state index is 12.7. The molecule has 126 valence electrons. The molecule has 0 bridgehead atoms. The van der Waals surface area contributed by atoms with Crippen LogP contribution in [0.2, 0.25) is 0 Å². The largest absolute Gasteiger partial charge is 0.337 e. The molecule has 1 saturated heterocycles. The van der Waals surface area contributed by atoms with E-state index in [1.54, 1.807) is 23.0 Å². The normalized spacial score (nSPS) is 20.2. The number of hydrogen-bond donors (Lipinski definition) is 0. The molecule has 0 radical (unpaired) electrons. The first-order valence-electron chi connectivity index (χ1n) is 8.51. The summed E-state index contributed by atoms with van der Waals surface area (Å²) < 4.78 is 3.82. The van der Waals surface area contributed by atoms with Crippen molar-refractivity contribution in [3.05, 3.63) is 45.9 Å². The second-order valence-electron chi connectivity index (χ2n) is 6.66. The standard InChI is InChI=1S/C17H21N5O2/c1-20-9-6-13(19-20)17(24)21-7-2-4-12(11-21)14-10-16(23)18-15-5-3-8-22(14)15/h6,9-10,12H,2-5,7-8,11H2,1H3. The molecule has 2 aliphatic rings. The van der Waals surface area contributed by atoms with Crippen molar-refractivity contribution in [2.45, 2.75) is 38.1 Å². The van der Waals surface area contributed by atoms with Crippen molar-refractivity contribution >= 4 is 5.91 Å². The quantitative estimate of drug-likeness (QED) is 0.823. The lowest BCUT2D eigenvalue weighted by Gasteiger charge is -2.33. The third kappa shape index (κ3) is 2.64. The Labute approximate surface area is 139 Å². The number of carbonyl (C=O) groups is 1. The van der Waals surface area contributed by atoms with Gasteiger partial charge in [-0.1, -0.05) is 0 Å². The van der Waals surface area contributed by atoms with Crippen LogP contribution in [0.15, 0.2) is 23.1 Å². The molecule has 7 heteroatoms. The van der Waals surface area contributed by atoms with Crippen molar-refractivity contribution in [2.24, 2.45) is 7.05 Å². The number of amides is 1. The highest BCUT2D eigenvalue weighted by molar-refractivity contribution is 5.92. The zero-order valence-electron chi connectivity index (χ0n) is 13.8. The highest BCUT2D eigenvalue weighted by Crippen LogP contribution is 2.29. The molecule has 0 aromatic carbocycles. The molecule has 2 aliphatic heterocycles. The van der Waals surface area contributed by atoms with Gasteiger partial charge in [0.1, 0.15) is 11.5 Å². The summed E-state index contributed by atoms with van der Waals surface area (Å²) >= 11 is 0. The maximum atomic E-state index is 12.7. The molecule has 1 atom stereocenters. The van der Waals surface area contributed by atoms with Crippen LogP contribution in [-0.2, 0) is 20.0 Å². The first-order valence-corrected chi connectivity index (χ1v) is 8.51. The number of piperidine rings is 1. The number of fused-ring (bicyclic) bond motifs is 1. The van der Waals surface area contributed by atoms with Gasteiger partial charge in [0.05, 0.1) is 0 Å². The summed E-state index contributed by atoms with van der Waals surface area (Å²) in [6, 6.07) is 3.41. The summed E-state index contributed by atoms with van der Waals surface area (Å²) in [5, 5.41) is 4.22. The molecule has 24 heavy (non-hydrogen) atoms. The highest BCUT2D eigenvalue weighted by Gasteiger charge is 2.29. The summed E-state index contributed by atoms with van der Waals surface area (Å²) in [6.45, 7) is 2.30. The number of likely N-dealkylation sites (tertiary alicyclic amines) is 1. The monoisotopic (exact) mass is 327 g/mol. The van der Waals surface area contributed by atoms with Gasteiger partial charge in [-0.05, 0) is 25.3 Å². The zero-order valence-corrected chi connectivity index (χ0v) is 13.8. The predicted molar refractivity (Wildman–Crippen MR) is 87.9 cm³/mol. The van der Waals surface area contributed by atoms with Gasteiger partial charge in [-0.3, -0.25) is 14.3 Å². The fourth-order valence-electron chi connectivity index (χ4n) is 3.85. The van der Waals surface area contributed by atoms with Crippen molar-refractivity contribution in [2.75, 3.05) is 13.1 Å². The molecule has 0 saturated carbocycles. The lowest BCUT2D eigenvalue weighted by atomic mass is 9.94. The van der Waals surface area contributed by atoms with Crippen LogP contribution < -0.4 is 5.56 Å². The van der Waals surface area contributed by atoms with Crippen LogP contribution in [0, 0.1) is 0 Å². The molecule has 0 spiro atoms. The van der Waals surface area contributed by atoms with Crippen LogP contribution in [0.5, 0.6) is 0 Å². The minimum atomic E-state index is -0.161. The Kier molecular flexibility index (Phi) is 3.70. The van der Waals surface area contributed by atoms with Gasteiger partial charge in [0, 0.05) is 57.0 Å². The third-order valence-corrected chi connectivity index (χ3v) is 4.98. The molecular weight excluding hydrogens is 306 g/mol. The van der Waals surface area contributed by atoms with Crippen molar-refractivity contribution in [3.8, 4) is 0 Å². The Hall–Kier alpha value is -2.44. The van der Waals surface area contributed by atoms with Gasteiger partial charge < -0.3 is 9.47 Å². The van der Waals surface area contributed by atoms with Crippen molar-refractivity contribution in [1.82, 2.24) is 24.2 Å². The van der Waals surface area contributed by atoms with E-state index >= 15 is 0 Å². The van der Waals surface area contributed by atoms with Gasteiger partial charge in [-0.15, -0.1) is 0 Å². The van der Waals surface area contributed by atoms with Crippen LogP contribution >= 0.6 is 0 Å². The Bertz CT molecular complexity index is 838. The lowest BCUT2D eigenvalue weighted by Crippen LogP contribution is -2.40. The van der Waals surface area contributed by atoms with Crippen molar-refractivity contribution in [1.29, 1.82) is 0 Å². The molecule has 4 heterocycles. The van der Waals surface area contributed by atoms with E-state index in [2.05, 4.69) is 14.6 Å². The molecule has 0 aliphatic carbocycles. The van der Waals surface area contributed by atoms with Crippen LogP contribution in [0.4, 0.5) is 0 Å². The van der Waals surface area contributed by atoms with E-state index in [1.165, 1.54) is 0 Å². The van der Waals surface area contributed by atoms with Gasteiger partial charge in [-0.25, -0.2) is 0 Å². The summed E-state index contributed by atoms with van der Waals surface area (Å²) in [5.41, 5.74) is 1.36. The first kappa shape index (κ1) is 15.1. The van der Waals surface area contributed by atoms with Gasteiger partial charge in [0.25, 0.3) is 11.5 Å². The van der Waals surface area contributed by atoms with E-state index in [4.69, 9.17) is 0 Å². The highest BCUT2D eigenvalue weighted by atomic mass is 16.2. The van der Waals surface area contributed by atoms with Crippen molar-refractivity contribution in [3.63, 3.8) is 0 Å². The summed E-state index contributed by atoms with van der Waals surface area (Å²) in [5.74, 6) is 1.06. The van der Waals surface area contributed by atoms with Gasteiger partial charge in [0.15, 0.2) is 0 Å². The average Bonchev–Trinajstić information content (AvgIpc) is 3.22. The minimum absolute atomic E-state index is 0.0293. The van der Waals surface area contributed by atoms with Gasteiger partial charge in [0.2, 0.25) is 0 Å². The van der Waals surface area contributed by atoms with Crippen LogP contribution in [-0.4, -0.2) is 43.2 Å². The summed E-state index contributed by atoms with van der Waals surface area (Å²) in [7, 11) is 1.81. The molecule has 7 nitrogen and oxygen atoms in total. The zero-order chi connectivity index (χ0) is 16.7. The summed E-state index contributed by atoms with van der Waals surface area (Å²) in [6.07, 6.45) is 5.62. The smallest absolute Gasteiger partial charge is 0.274 e. The topological polar surface area (TPSA) is 73.0 Å². The molecular formula is C17H21N5O2. The molecule has 1 unspecified atom stereocenters. The molecule has 2 aromatic heterocycles. The second kappa shape index (κ2) is 5.89. The fraction of sp³-hybridized carbons (Fsp3) is 0.529. The predicted octanol–water partition coefficient (Wildman–Crippen LogP) is 0.943. The average molecular weight is 327 g/mol. The van der Waals surface area contributed by atoms with Crippen LogP contribution in [0.25, 0.3) is 0 Å². The number of aryl methyl sites for hydroxylation is 2. The Morgan fingerprint density at radius 3 is 2.96 bits per heavy atom. The van der Waals surface area contributed by atoms with E-state index in [0.717, 1.165) is 50.3 Å².